The van der Waals surface area contributed by atoms with Gasteiger partial charge in [0.05, 0.1) is 5.69 Å². The highest BCUT2D eigenvalue weighted by Crippen LogP contribution is 2.16. The molecule has 0 fully saturated rings. The van der Waals surface area contributed by atoms with E-state index in [0.29, 0.717) is 5.56 Å². The van der Waals surface area contributed by atoms with Crippen molar-refractivity contribution in [1.29, 1.82) is 0 Å². The predicted molar refractivity (Wildman–Crippen MR) is 45.1 cm³/mol. The van der Waals surface area contributed by atoms with E-state index in [4.69, 9.17) is 0 Å². The number of nitrogens with one attached hydrogen (secondary N) is 1. The van der Waals surface area contributed by atoms with E-state index < -0.39 is 16.7 Å². The van der Waals surface area contributed by atoms with Crippen LogP contribution in [0.5, 0.6) is 0 Å². The summed E-state index contributed by atoms with van der Waals surface area (Å²) in [5, 5.41) is 0. The number of aryl methyl sites for hydroxylation is 1. The van der Waals surface area contributed by atoms with Gasteiger partial charge in [-0.05, 0) is 18.6 Å². The molecule has 0 aliphatic heterocycles. The fourth-order valence-electron chi connectivity index (χ4n) is 0.832. The van der Waals surface area contributed by atoms with Gasteiger partial charge in [0.1, 0.15) is 5.82 Å². The van der Waals surface area contributed by atoms with E-state index in [1.807, 2.05) is 4.72 Å². The number of halogens is 1. The van der Waals surface area contributed by atoms with E-state index in [1.54, 1.807) is 19.1 Å². The second-order valence-electron chi connectivity index (χ2n) is 2.31. The Bertz CT molecular complexity index is 354. The predicted octanol–water partition coefficient (Wildman–Crippen LogP) is 1.07. The van der Waals surface area contributed by atoms with Crippen molar-refractivity contribution in [2.45, 2.75) is 6.92 Å². The van der Waals surface area contributed by atoms with Crippen molar-refractivity contribution >= 4 is 16.6 Å². The van der Waals surface area contributed by atoms with Crippen LogP contribution < -0.4 is 4.72 Å². The van der Waals surface area contributed by atoms with Crippen LogP contribution in [0.25, 0.3) is 0 Å². The van der Waals surface area contributed by atoms with Crippen LogP contribution in [0.4, 0.5) is 10.1 Å². The van der Waals surface area contributed by atoms with Crippen LogP contribution in [0.1, 0.15) is 5.56 Å². The molecule has 0 aliphatic rings. The molecule has 0 atom stereocenters. The van der Waals surface area contributed by atoms with Crippen molar-refractivity contribution < 1.29 is 12.8 Å². The molecule has 12 heavy (non-hydrogen) atoms. The first kappa shape index (κ1) is 8.99. The summed E-state index contributed by atoms with van der Waals surface area (Å²) in [5.74, 6) is -0.531. The average Bonchev–Trinajstić information content (AvgIpc) is 1.98. The Morgan fingerprint density at radius 2 is 2.08 bits per heavy atom. The molecule has 66 valence electrons. The van der Waals surface area contributed by atoms with Crippen LogP contribution in [0.3, 0.4) is 0 Å². The summed E-state index contributed by atoms with van der Waals surface area (Å²) in [5.41, 5.74) is 0.406. The van der Waals surface area contributed by atoms with E-state index in [0.717, 1.165) is 0 Å². The average molecular weight is 189 g/mol. The number of anilines is 1. The zero-order chi connectivity index (χ0) is 9.14. The zero-order valence-electron chi connectivity index (χ0n) is 6.37. The van der Waals surface area contributed by atoms with Crippen molar-refractivity contribution in [3.05, 3.63) is 29.6 Å². The molecule has 0 aromatic heterocycles. The lowest BCUT2D eigenvalue weighted by atomic mass is 10.2. The molecule has 1 N–H and O–H groups in total. The highest BCUT2D eigenvalue weighted by atomic mass is 32.2. The number of rotatable bonds is 2. The van der Waals surface area contributed by atoms with Gasteiger partial charge in [0.2, 0.25) is 10.9 Å². The first-order valence-corrected chi connectivity index (χ1v) is 4.45. The first-order valence-electron chi connectivity index (χ1n) is 3.27. The van der Waals surface area contributed by atoms with Gasteiger partial charge in [-0.15, -0.1) is 0 Å². The Hall–Kier alpha value is -1.10. The first-order chi connectivity index (χ1) is 5.61. The Balaban J connectivity index is 3.08. The normalized spacial score (nSPS) is 10.2. The summed E-state index contributed by atoms with van der Waals surface area (Å²) >= 11 is 0. The van der Waals surface area contributed by atoms with E-state index in [-0.39, 0.29) is 5.69 Å². The maximum atomic E-state index is 13.0. The van der Waals surface area contributed by atoms with Crippen LogP contribution in [0.15, 0.2) is 18.2 Å². The molecule has 3 nitrogen and oxygen atoms in total. The third-order valence-corrected chi connectivity index (χ3v) is 1.83. The lowest BCUT2D eigenvalue weighted by Crippen LogP contribution is -1.98. The molecule has 0 unspecified atom stereocenters. The maximum absolute atomic E-state index is 13.0. The molecular weight excluding hydrogens is 181 g/mol. The minimum Gasteiger partial charge on any atom is -0.283 e. The lowest BCUT2D eigenvalue weighted by Gasteiger charge is -2.02. The van der Waals surface area contributed by atoms with Gasteiger partial charge >= 0.3 is 0 Å². The summed E-state index contributed by atoms with van der Waals surface area (Å²) in [6.07, 6.45) is 0. The summed E-state index contributed by atoms with van der Waals surface area (Å²) in [4.78, 5) is 0. The molecule has 0 saturated heterocycles. The number of hydrogen-bond acceptors (Lipinski definition) is 2. The molecule has 0 bridgehead atoms. The molecule has 0 spiro atoms. The summed E-state index contributed by atoms with van der Waals surface area (Å²) in [6.45, 7) is 1.57. The number of thiol groups is 1. The molecule has 0 saturated carbocycles. The molecule has 0 heterocycles. The van der Waals surface area contributed by atoms with Gasteiger partial charge in [0, 0.05) is 0 Å². The third kappa shape index (κ3) is 1.94. The second kappa shape index (κ2) is 3.53. The van der Waals surface area contributed by atoms with Crippen LogP contribution in [-0.2, 0) is 10.9 Å². The van der Waals surface area contributed by atoms with Crippen LogP contribution in [0, 0.1) is 12.7 Å². The maximum Gasteiger partial charge on any atom is 0.222 e. The Labute approximate surface area is 71.3 Å². The summed E-state index contributed by atoms with van der Waals surface area (Å²) in [7, 11) is -2.80. The van der Waals surface area contributed by atoms with E-state index >= 15 is 0 Å². The van der Waals surface area contributed by atoms with Gasteiger partial charge in [-0.2, -0.15) is 0 Å². The quantitative estimate of drug-likeness (QED) is 0.684. The lowest BCUT2D eigenvalue weighted by molar-refractivity contribution is 0.612. The molecule has 1 aromatic carbocycles. The fraction of sp³-hybridized carbons (Fsp3) is 0.143. The van der Waals surface area contributed by atoms with Gasteiger partial charge in [0.15, 0.2) is 0 Å². The van der Waals surface area contributed by atoms with Gasteiger partial charge in [-0.25, -0.2) is 12.8 Å². The highest BCUT2D eigenvalue weighted by molar-refractivity contribution is 7.73. The van der Waals surface area contributed by atoms with Gasteiger partial charge in [0.25, 0.3) is 0 Å². The molecule has 5 heteroatoms. The van der Waals surface area contributed by atoms with Gasteiger partial charge in [-0.1, -0.05) is 12.1 Å². The van der Waals surface area contributed by atoms with E-state index in [9.17, 15) is 12.8 Å². The van der Waals surface area contributed by atoms with Crippen molar-refractivity contribution in [3.63, 3.8) is 0 Å². The molecule has 0 amide bonds. The SMILES string of the molecule is Cc1cccc(N[SH](=O)=O)c1F. The monoisotopic (exact) mass is 189 g/mol. The van der Waals surface area contributed by atoms with Gasteiger partial charge < -0.3 is 0 Å². The summed E-state index contributed by atoms with van der Waals surface area (Å²) < 4.78 is 35.4. The van der Waals surface area contributed by atoms with Crippen LogP contribution in [-0.4, -0.2) is 8.42 Å². The standard InChI is InChI=1S/C7H8FNO2S/c1-5-3-2-4-6(7(5)8)9-12(10)11/h2-4,12H,1H3,(H,9,10,11). The second-order valence-corrected chi connectivity index (χ2v) is 3.04. The summed E-state index contributed by atoms with van der Waals surface area (Å²) in [6, 6.07) is 4.52. The van der Waals surface area contributed by atoms with Gasteiger partial charge in [-0.3, -0.25) is 4.72 Å². The fourth-order valence-corrected chi connectivity index (χ4v) is 1.20. The highest BCUT2D eigenvalue weighted by Gasteiger charge is 2.03. The van der Waals surface area contributed by atoms with Crippen LogP contribution >= 0.6 is 0 Å². The minimum atomic E-state index is -2.80. The number of benzene rings is 1. The van der Waals surface area contributed by atoms with Crippen molar-refractivity contribution in [2.75, 3.05) is 4.72 Å². The topological polar surface area (TPSA) is 46.2 Å². The molecule has 0 aliphatic carbocycles. The zero-order valence-corrected chi connectivity index (χ0v) is 7.27. The number of hydrogen-bond donors (Lipinski definition) is 2. The molecule has 1 aromatic rings. The molecule has 0 radical (unpaired) electrons. The molecule has 1 rings (SSSR count). The van der Waals surface area contributed by atoms with Crippen molar-refractivity contribution in [3.8, 4) is 0 Å². The van der Waals surface area contributed by atoms with E-state index in [1.165, 1.54) is 6.07 Å². The smallest absolute Gasteiger partial charge is 0.222 e. The Morgan fingerprint density at radius 3 is 2.67 bits per heavy atom. The Morgan fingerprint density at radius 1 is 1.42 bits per heavy atom. The minimum absolute atomic E-state index is 0.00823. The van der Waals surface area contributed by atoms with Crippen molar-refractivity contribution in [2.24, 2.45) is 0 Å². The van der Waals surface area contributed by atoms with Crippen LogP contribution in [0.2, 0.25) is 0 Å². The molecular formula is C7H8FNO2S. The largest absolute Gasteiger partial charge is 0.283 e. The third-order valence-electron chi connectivity index (χ3n) is 1.40. The van der Waals surface area contributed by atoms with E-state index in [2.05, 4.69) is 0 Å². The van der Waals surface area contributed by atoms with Crippen molar-refractivity contribution in [1.82, 2.24) is 0 Å². The Kier molecular flexibility index (Phi) is 2.65.